The lowest BCUT2D eigenvalue weighted by atomic mass is 10.0. The smallest absolute Gasteiger partial charge is 0.318 e. The molecule has 7 nitrogen and oxygen atoms in total. The molecule has 6 rings (SSSR count). The van der Waals surface area contributed by atoms with Gasteiger partial charge in [0.1, 0.15) is 12.4 Å². The van der Waals surface area contributed by atoms with E-state index in [0.717, 1.165) is 78.7 Å². The Balaban J connectivity index is 1.35. The predicted octanol–water partition coefficient (Wildman–Crippen LogP) is 4.12. The summed E-state index contributed by atoms with van der Waals surface area (Å²) in [5, 5.41) is 6.56. The number of likely N-dealkylation sites (N-methyl/N-ethyl adjacent to an activating group) is 1. The zero-order valence-electron chi connectivity index (χ0n) is 21.2. The van der Waals surface area contributed by atoms with Gasteiger partial charge in [0.05, 0.1) is 17.3 Å². The summed E-state index contributed by atoms with van der Waals surface area (Å²) >= 11 is 6.68. The molecule has 2 unspecified atom stereocenters. The Morgan fingerprint density at radius 3 is 2.78 bits per heavy atom. The van der Waals surface area contributed by atoms with Gasteiger partial charge < -0.3 is 24.8 Å². The third kappa shape index (κ3) is 4.49. The lowest BCUT2D eigenvalue weighted by molar-refractivity contribution is 0.187. The standard InChI is InChI=1S/C28H35ClN6O/c1-19-16-30-12-15-35(19)27-22-11-14-34(25-10-4-7-20-6-3-9-23(29)26(20)25)17-24(22)31-28(32-27)36-18-21-8-5-13-33(21)2/h3-4,6-7,9-10,19,21,30H,5,8,11-18H2,1-2H3. The van der Waals surface area contributed by atoms with Crippen molar-refractivity contribution in [3.8, 4) is 6.01 Å². The Hall–Kier alpha value is -2.61. The maximum absolute atomic E-state index is 6.68. The topological polar surface area (TPSA) is 56.8 Å². The second-order valence-corrected chi connectivity index (χ2v) is 10.8. The number of benzene rings is 2. The molecule has 0 spiro atoms. The van der Waals surface area contributed by atoms with E-state index in [2.05, 4.69) is 58.3 Å². The van der Waals surface area contributed by atoms with Crippen molar-refractivity contribution in [3.63, 3.8) is 0 Å². The van der Waals surface area contributed by atoms with Crippen molar-refractivity contribution in [2.24, 2.45) is 0 Å². The van der Waals surface area contributed by atoms with Crippen LogP contribution in [-0.4, -0.2) is 73.3 Å². The number of ether oxygens (including phenoxy) is 1. The number of rotatable bonds is 5. The molecular formula is C28H35ClN6O. The highest BCUT2D eigenvalue weighted by Gasteiger charge is 2.30. The van der Waals surface area contributed by atoms with Crippen LogP contribution in [0, 0.1) is 0 Å². The van der Waals surface area contributed by atoms with Crippen molar-refractivity contribution in [1.29, 1.82) is 0 Å². The van der Waals surface area contributed by atoms with E-state index in [0.29, 0.717) is 24.7 Å². The first kappa shape index (κ1) is 23.8. The van der Waals surface area contributed by atoms with Crippen LogP contribution in [0.2, 0.25) is 5.02 Å². The first-order chi connectivity index (χ1) is 17.6. The monoisotopic (exact) mass is 506 g/mol. The van der Waals surface area contributed by atoms with Gasteiger partial charge in [-0.3, -0.25) is 0 Å². The third-order valence-electron chi connectivity index (χ3n) is 8.04. The van der Waals surface area contributed by atoms with Crippen LogP contribution in [0.15, 0.2) is 36.4 Å². The molecule has 4 heterocycles. The summed E-state index contributed by atoms with van der Waals surface area (Å²) in [4.78, 5) is 17.2. The molecule has 0 aliphatic carbocycles. The number of aromatic nitrogens is 2. The van der Waals surface area contributed by atoms with Gasteiger partial charge in [-0.25, -0.2) is 0 Å². The maximum Gasteiger partial charge on any atom is 0.318 e. The zero-order valence-corrected chi connectivity index (χ0v) is 22.0. The quantitative estimate of drug-likeness (QED) is 0.558. The van der Waals surface area contributed by atoms with E-state index in [4.69, 9.17) is 26.3 Å². The van der Waals surface area contributed by atoms with Crippen molar-refractivity contribution in [2.75, 3.05) is 56.2 Å². The minimum Gasteiger partial charge on any atom is -0.462 e. The molecule has 2 saturated heterocycles. The minimum atomic E-state index is 0.376. The van der Waals surface area contributed by atoms with E-state index in [1.165, 1.54) is 18.4 Å². The van der Waals surface area contributed by atoms with Crippen LogP contribution in [0.1, 0.15) is 31.0 Å². The second kappa shape index (κ2) is 10.0. The molecule has 0 radical (unpaired) electrons. The van der Waals surface area contributed by atoms with Crippen molar-refractivity contribution in [2.45, 2.75) is 44.8 Å². The Morgan fingerprint density at radius 2 is 1.97 bits per heavy atom. The van der Waals surface area contributed by atoms with Gasteiger partial charge in [0, 0.05) is 54.9 Å². The van der Waals surface area contributed by atoms with Gasteiger partial charge >= 0.3 is 6.01 Å². The number of nitrogens with one attached hydrogen (secondary N) is 1. The summed E-state index contributed by atoms with van der Waals surface area (Å²) in [6.45, 7) is 8.52. The molecule has 1 aromatic heterocycles. The van der Waals surface area contributed by atoms with E-state index in [1.807, 2.05) is 12.1 Å². The Kier molecular flexibility index (Phi) is 6.63. The van der Waals surface area contributed by atoms with E-state index < -0.39 is 0 Å². The highest BCUT2D eigenvalue weighted by atomic mass is 35.5. The van der Waals surface area contributed by atoms with E-state index in [-0.39, 0.29) is 0 Å². The van der Waals surface area contributed by atoms with Crippen LogP contribution in [0.5, 0.6) is 6.01 Å². The Morgan fingerprint density at radius 1 is 1.11 bits per heavy atom. The summed E-state index contributed by atoms with van der Waals surface area (Å²) in [6.07, 6.45) is 3.29. The average Bonchev–Trinajstić information content (AvgIpc) is 3.31. The zero-order chi connectivity index (χ0) is 24.6. The van der Waals surface area contributed by atoms with Crippen molar-refractivity contribution in [3.05, 3.63) is 52.7 Å². The van der Waals surface area contributed by atoms with Gasteiger partial charge in [0.15, 0.2) is 0 Å². The lowest BCUT2D eigenvalue weighted by Crippen LogP contribution is -2.51. The van der Waals surface area contributed by atoms with Crippen LogP contribution in [0.25, 0.3) is 10.8 Å². The summed E-state index contributed by atoms with van der Waals surface area (Å²) < 4.78 is 6.28. The molecule has 3 aliphatic heterocycles. The molecule has 2 atom stereocenters. The average molecular weight is 507 g/mol. The summed E-state index contributed by atoms with van der Waals surface area (Å²) in [7, 11) is 2.18. The van der Waals surface area contributed by atoms with Gasteiger partial charge in [-0.15, -0.1) is 0 Å². The summed E-state index contributed by atoms with van der Waals surface area (Å²) in [5.74, 6) is 1.05. The molecule has 36 heavy (non-hydrogen) atoms. The van der Waals surface area contributed by atoms with E-state index in [1.54, 1.807) is 0 Å². The van der Waals surface area contributed by atoms with Gasteiger partial charge in [-0.05, 0) is 57.3 Å². The van der Waals surface area contributed by atoms with Crippen molar-refractivity contribution >= 4 is 33.9 Å². The van der Waals surface area contributed by atoms with Crippen LogP contribution < -0.4 is 19.9 Å². The Bertz CT molecular complexity index is 1250. The van der Waals surface area contributed by atoms with Crippen LogP contribution >= 0.6 is 11.6 Å². The predicted molar refractivity (Wildman–Crippen MR) is 147 cm³/mol. The number of hydrogen-bond donors (Lipinski definition) is 1. The second-order valence-electron chi connectivity index (χ2n) is 10.4. The molecule has 0 amide bonds. The van der Waals surface area contributed by atoms with Crippen molar-refractivity contribution < 1.29 is 4.74 Å². The number of anilines is 2. The van der Waals surface area contributed by atoms with E-state index in [9.17, 15) is 0 Å². The van der Waals surface area contributed by atoms with Crippen LogP contribution in [0.3, 0.4) is 0 Å². The fourth-order valence-electron chi connectivity index (χ4n) is 5.95. The highest BCUT2D eigenvalue weighted by Crippen LogP contribution is 2.37. The third-order valence-corrected chi connectivity index (χ3v) is 8.36. The fraction of sp³-hybridized carbons (Fsp3) is 0.500. The van der Waals surface area contributed by atoms with Gasteiger partial charge in [-0.2, -0.15) is 9.97 Å². The number of likely N-dealkylation sites (tertiary alicyclic amines) is 1. The molecule has 0 bridgehead atoms. The van der Waals surface area contributed by atoms with Gasteiger partial charge in [-0.1, -0.05) is 35.9 Å². The number of fused-ring (bicyclic) bond motifs is 2. The molecule has 3 aliphatic rings. The Labute approximate surface area is 218 Å². The largest absolute Gasteiger partial charge is 0.462 e. The summed E-state index contributed by atoms with van der Waals surface area (Å²) in [5.41, 5.74) is 3.49. The highest BCUT2D eigenvalue weighted by molar-refractivity contribution is 6.36. The molecule has 1 N–H and O–H groups in total. The molecule has 3 aromatic rings. The maximum atomic E-state index is 6.68. The minimum absolute atomic E-state index is 0.376. The lowest BCUT2D eigenvalue weighted by Gasteiger charge is -2.38. The number of hydrogen-bond acceptors (Lipinski definition) is 7. The van der Waals surface area contributed by atoms with Gasteiger partial charge in [0.2, 0.25) is 0 Å². The van der Waals surface area contributed by atoms with Crippen LogP contribution in [0.4, 0.5) is 11.5 Å². The first-order valence-electron chi connectivity index (χ1n) is 13.2. The molecule has 8 heteroatoms. The molecule has 190 valence electrons. The number of piperazine rings is 1. The number of halogens is 1. The fourth-order valence-corrected chi connectivity index (χ4v) is 6.23. The molecule has 0 saturated carbocycles. The van der Waals surface area contributed by atoms with E-state index >= 15 is 0 Å². The van der Waals surface area contributed by atoms with Crippen molar-refractivity contribution in [1.82, 2.24) is 20.2 Å². The van der Waals surface area contributed by atoms with Gasteiger partial charge in [0.25, 0.3) is 0 Å². The first-order valence-corrected chi connectivity index (χ1v) is 13.6. The van der Waals surface area contributed by atoms with Crippen LogP contribution in [-0.2, 0) is 13.0 Å². The molecule has 2 aromatic carbocycles. The normalized spacial score (nSPS) is 22.8. The number of nitrogens with zero attached hydrogens (tertiary/aromatic N) is 5. The SMILES string of the molecule is CC1CNCCN1c1nc(OCC2CCCN2C)nc2c1CCN(c1cccc3cccc(Cl)c13)C2. The molecule has 2 fully saturated rings. The molecular weight excluding hydrogens is 472 g/mol. The summed E-state index contributed by atoms with van der Waals surface area (Å²) in [6, 6.07) is 13.8.